The first-order valence-electron chi connectivity index (χ1n) is 7.86. The van der Waals surface area contributed by atoms with Crippen molar-refractivity contribution in [1.82, 2.24) is 14.7 Å². The Morgan fingerprint density at radius 1 is 1.29 bits per heavy atom. The van der Waals surface area contributed by atoms with E-state index in [4.69, 9.17) is 4.74 Å². The van der Waals surface area contributed by atoms with E-state index in [-0.39, 0.29) is 12.0 Å². The molecule has 0 bridgehead atoms. The Labute approximate surface area is 144 Å². The van der Waals surface area contributed by atoms with E-state index in [9.17, 15) is 4.79 Å². The molecular formula is C18H17N3O2S. The van der Waals surface area contributed by atoms with Gasteiger partial charge in [-0.25, -0.2) is 4.98 Å². The molecule has 0 aliphatic carbocycles. The number of carbonyl (C=O) groups is 1. The highest BCUT2D eigenvalue weighted by Gasteiger charge is 2.22. The molecule has 1 N–H and O–H groups in total. The number of carbonyl (C=O) groups excluding carboxylic acids is 1. The molecule has 0 spiro atoms. The minimum atomic E-state index is -0.00719. The van der Waals surface area contributed by atoms with Crippen molar-refractivity contribution in [3.63, 3.8) is 0 Å². The Kier molecular flexibility index (Phi) is 4.13. The maximum absolute atomic E-state index is 12.1. The first kappa shape index (κ1) is 15.1. The number of aromatic nitrogens is 2. The fourth-order valence-corrected chi connectivity index (χ4v) is 3.60. The lowest BCUT2D eigenvalue weighted by atomic mass is 10.1. The Balaban J connectivity index is 1.27. The van der Waals surface area contributed by atoms with E-state index >= 15 is 0 Å². The molecule has 5 nitrogen and oxygen atoms in total. The molecule has 24 heavy (non-hydrogen) atoms. The summed E-state index contributed by atoms with van der Waals surface area (Å²) in [5, 5.41) is 3.77. The Hall–Kier alpha value is -2.47. The zero-order valence-corrected chi connectivity index (χ0v) is 13.8. The maximum Gasteiger partial charge on any atom is 0.230 e. The van der Waals surface area contributed by atoms with Gasteiger partial charge in [-0.15, -0.1) is 0 Å². The summed E-state index contributed by atoms with van der Waals surface area (Å²) in [6.07, 6.45) is 4.62. The first-order valence-corrected chi connectivity index (χ1v) is 8.84. The van der Waals surface area contributed by atoms with Crippen LogP contribution in [-0.4, -0.2) is 33.7 Å². The van der Waals surface area contributed by atoms with Crippen LogP contribution in [0.2, 0.25) is 0 Å². The molecule has 1 amide bonds. The highest BCUT2D eigenvalue weighted by Crippen LogP contribution is 2.27. The van der Waals surface area contributed by atoms with Crippen molar-refractivity contribution in [1.29, 1.82) is 0 Å². The summed E-state index contributed by atoms with van der Waals surface area (Å²) < 4.78 is 7.81. The lowest BCUT2D eigenvalue weighted by Crippen LogP contribution is -2.35. The number of para-hydroxylation sites is 1. The number of imidazole rings is 1. The van der Waals surface area contributed by atoms with Crippen molar-refractivity contribution >= 4 is 23.2 Å². The number of pyridine rings is 1. The molecule has 1 unspecified atom stereocenters. The van der Waals surface area contributed by atoms with Crippen LogP contribution < -0.4 is 10.1 Å². The monoisotopic (exact) mass is 339 g/mol. The number of ether oxygens (including phenoxy) is 1. The van der Waals surface area contributed by atoms with Gasteiger partial charge in [-0.2, -0.15) is 0 Å². The summed E-state index contributed by atoms with van der Waals surface area (Å²) in [5.74, 6) is 1.26. The van der Waals surface area contributed by atoms with Crippen LogP contribution in [-0.2, 0) is 11.2 Å². The van der Waals surface area contributed by atoms with Crippen molar-refractivity contribution in [2.45, 2.75) is 17.7 Å². The molecule has 4 rings (SSSR count). The third-order valence-electron chi connectivity index (χ3n) is 3.98. The summed E-state index contributed by atoms with van der Waals surface area (Å²) >= 11 is 1.43. The highest BCUT2D eigenvalue weighted by atomic mass is 32.2. The quantitative estimate of drug-likeness (QED) is 0.726. The number of nitrogens with one attached hydrogen (secondary N) is 1. The summed E-state index contributed by atoms with van der Waals surface area (Å²) in [6, 6.07) is 13.9. The predicted octanol–water partition coefficient (Wildman–Crippen LogP) is 2.55. The van der Waals surface area contributed by atoms with Crippen LogP contribution in [0.1, 0.15) is 5.56 Å². The Morgan fingerprint density at radius 3 is 3.08 bits per heavy atom. The van der Waals surface area contributed by atoms with Crippen molar-refractivity contribution in [3.8, 4) is 5.75 Å². The molecule has 2 aromatic heterocycles. The van der Waals surface area contributed by atoms with Gasteiger partial charge < -0.3 is 10.1 Å². The largest absolute Gasteiger partial charge is 0.488 e. The van der Waals surface area contributed by atoms with Crippen LogP contribution in [0.3, 0.4) is 0 Å². The average molecular weight is 339 g/mol. The van der Waals surface area contributed by atoms with E-state index in [1.54, 1.807) is 0 Å². The third kappa shape index (κ3) is 3.10. The van der Waals surface area contributed by atoms with Gasteiger partial charge in [0.2, 0.25) is 5.91 Å². The number of benzene rings is 1. The van der Waals surface area contributed by atoms with Gasteiger partial charge in [0.1, 0.15) is 11.9 Å². The predicted molar refractivity (Wildman–Crippen MR) is 93.5 cm³/mol. The van der Waals surface area contributed by atoms with Gasteiger partial charge in [0.25, 0.3) is 0 Å². The fraction of sp³-hybridized carbons (Fsp3) is 0.222. The van der Waals surface area contributed by atoms with Crippen LogP contribution in [0.25, 0.3) is 5.52 Å². The maximum atomic E-state index is 12.1. The average Bonchev–Trinajstić information content (AvgIpc) is 3.21. The van der Waals surface area contributed by atoms with E-state index in [2.05, 4.69) is 16.4 Å². The lowest BCUT2D eigenvalue weighted by molar-refractivity contribution is -0.118. The summed E-state index contributed by atoms with van der Waals surface area (Å²) in [4.78, 5) is 16.4. The zero-order chi connectivity index (χ0) is 16.4. The first-order chi connectivity index (χ1) is 11.8. The molecule has 6 heteroatoms. The van der Waals surface area contributed by atoms with Gasteiger partial charge in [-0.1, -0.05) is 36.0 Å². The van der Waals surface area contributed by atoms with Crippen LogP contribution in [0, 0.1) is 0 Å². The molecular weight excluding hydrogens is 322 g/mol. The molecule has 122 valence electrons. The summed E-state index contributed by atoms with van der Waals surface area (Å²) in [5.41, 5.74) is 2.23. The standard InChI is InChI=1S/C18H17N3O2S/c22-17(12-24-18-20-10-14-6-3-4-8-21(14)18)19-11-15-9-13-5-1-2-7-16(13)23-15/h1-8,10,15H,9,11-12H2,(H,19,22). The summed E-state index contributed by atoms with van der Waals surface area (Å²) in [6.45, 7) is 0.524. The number of thioether (sulfide) groups is 1. The second kappa shape index (κ2) is 6.57. The van der Waals surface area contributed by atoms with E-state index in [1.807, 2.05) is 53.2 Å². The number of hydrogen-bond acceptors (Lipinski definition) is 4. The number of amides is 1. The fourth-order valence-electron chi connectivity index (χ4n) is 2.80. The number of rotatable bonds is 5. The van der Waals surface area contributed by atoms with Gasteiger partial charge in [-0.3, -0.25) is 9.20 Å². The Morgan fingerprint density at radius 2 is 2.17 bits per heavy atom. The molecule has 1 atom stereocenters. The molecule has 0 radical (unpaired) electrons. The highest BCUT2D eigenvalue weighted by molar-refractivity contribution is 7.99. The normalized spacial score (nSPS) is 15.9. The van der Waals surface area contributed by atoms with Crippen molar-refractivity contribution < 1.29 is 9.53 Å². The van der Waals surface area contributed by atoms with E-state index in [0.29, 0.717) is 12.3 Å². The molecule has 1 aliphatic rings. The van der Waals surface area contributed by atoms with Gasteiger partial charge in [-0.05, 0) is 23.8 Å². The van der Waals surface area contributed by atoms with Gasteiger partial charge in [0, 0.05) is 12.6 Å². The molecule has 0 fully saturated rings. The van der Waals surface area contributed by atoms with Crippen LogP contribution >= 0.6 is 11.8 Å². The van der Waals surface area contributed by atoms with Gasteiger partial charge in [0.15, 0.2) is 5.16 Å². The van der Waals surface area contributed by atoms with Crippen LogP contribution in [0.15, 0.2) is 60.0 Å². The SMILES string of the molecule is O=C(CSc1ncc2ccccn12)NCC1Cc2ccccc2O1. The number of nitrogens with zero attached hydrogens (tertiary/aromatic N) is 2. The van der Waals surface area contributed by atoms with E-state index in [1.165, 1.54) is 17.3 Å². The molecule has 0 saturated heterocycles. The zero-order valence-electron chi connectivity index (χ0n) is 13.0. The van der Waals surface area contributed by atoms with Crippen LogP contribution in [0.4, 0.5) is 0 Å². The second-order valence-corrected chi connectivity index (χ2v) is 6.62. The van der Waals surface area contributed by atoms with Gasteiger partial charge >= 0.3 is 0 Å². The molecule has 0 saturated carbocycles. The second-order valence-electron chi connectivity index (χ2n) is 5.68. The summed E-state index contributed by atoms with van der Waals surface area (Å²) in [7, 11) is 0. The Bertz CT molecular complexity index is 852. The molecule has 3 aromatic rings. The topological polar surface area (TPSA) is 55.6 Å². The minimum absolute atomic E-state index is 0.00719. The smallest absolute Gasteiger partial charge is 0.230 e. The molecule has 1 aromatic carbocycles. The van der Waals surface area contributed by atoms with E-state index in [0.717, 1.165) is 22.8 Å². The minimum Gasteiger partial charge on any atom is -0.488 e. The number of fused-ring (bicyclic) bond motifs is 2. The van der Waals surface area contributed by atoms with Crippen molar-refractivity contribution in [2.24, 2.45) is 0 Å². The van der Waals surface area contributed by atoms with Gasteiger partial charge in [0.05, 0.1) is 24.0 Å². The third-order valence-corrected chi connectivity index (χ3v) is 4.94. The number of hydrogen-bond donors (Lipinski definition) is 1. The van der Waals surface area contributed by atoms with Crippen molar-refractivity contribution in [2.75, 3.05) is 12.3 Å². The lowest BCUT2D eigenvalue weighted by Gasteiger charge is -2.11. The molecule has 1 aliphatic heterocycles. The van der Waals surface area contributed by atoms with Crippen LogP contribution in [0.5, 0.6) is 5.75 Å². The van der Waals surface area contributed by atoms with Crippen molar-refractivity contribution in [3.05, 3.63) is 60.4 Å². The van der Waals surface area contributed by atoms with E-state index < -0.39 is 0 Å². The molecule has 3 heterocycles.